The van der Waals surface area contributed by atoms with Crippen LogP contribution in [0.5, 0.6) is 11.5 Å². The number of hydrogen-bond acceptors (Lipinski definition) is 6. The van der Waals surface area contributed by atoms with E-state index in [2.05, 4.69) is 25.7 Å². The molecule has 2 aliphatic heterocycles. The van der Waals surface area contributed by atoms with Gasteiger partial charge in [0.25, 0.3) is 0 Å². The minimum atomic E-state index is -0.344. The van der Waals surface area contributed by atoms with Crippen molar-refractivity contribution in [3.63, 3.8) is 0 Å². The molecule has 1 saturated heterocycles. The summed E-state index contributed by atoms with van der Waals surface area (Å²) in [4.78, 5) is 14.8. The molecule has 1 aromatic heterocycles. The van der Waals surface area contributed by atoms with Crippen LogP contribution in [0, 0.1) is 0 Å². The Labute approximate surface area is 186 Å². The van der Waals surface area contributed by atoms with Crippen molar-refractivity contribution in [2.24, 2.45) is 0 Å². The molecule has 5 rings (SSSR count). The van der Waals surface area contributed by atoms with Gasteiger partial charge in [0.15, 0.2) is 17.3 Å². The number of rotatable bonds is 4. The smallest absolute Gasteiger partial charge is 0.323 e. The zero-order valence-corrected chi connectivity index (χ0v) is 17.7. The number of hydrogen-bond donors (Lipinski definition) is 2. The fraction of sp³-hybridized carbons (Fsp3) is 0.292. The first kappa shape index (κ1) is 20.1. The van der Waals surface area contributed by atoms with Gasteiger partial charge in [-0.25, -0.2) is 4.79 Å². The number of nitrogens with zero attached hydrogens (tertiary/aromatic N) is 3. The lowest BCUT2D eigenvalue weighted by molar-refractivity contribution is 0.174. The van der Waals surface area contributed by atoms with Crippen molar-refractivity contribution >= 4 is 23.2 Å². The third-order valence-electron chi connectivity index (χ3n) is 5.63. The van der Waals surface area contributed by atoms with E-state index in [0.29, 0.717) is 22.9 Å². The van der Waals surface area contributed by atoms with Gasteiger partial charge in [-0.2, -0.15) is 0 Å². The van der Waals surface area contributed by atoms with Crippen LogP contribution in [0.15, 0.2) is 54.6 Å². The summed E-state index contributed by atoms with van der Waals surface area (Å²) in [5.74, 6) is 2.21. The lowest BCUT2D eigenvalue weighted by Crippen LogP contribution is -2.25. The highest BCUT2D eigenvalue weighted by Crippen LogP contribution is 2.34. The number of benzene rings is 2. The molecule has 3 aromatic rings. The third kappa shape index (κ3) is 4.59. The number of anilines is 3. The zero-order chi connectivity index (χ0) is 21.8. The molecule has 32 heavy (non-hydrogen) atoms. The van der Waals surface area contributed by atoms with E-state index >= 15 is 0 Å². The second-order valence-electron chi connectivity index (χ2n) is 7.91. The van der Waals surface area contributed by atoms with Crippen molar-refractivity contribution < 1.29 is 14.3 Å². The van der Waals surface area contributed by atoms with E-state index < -0.39 is 0 Å². The molecule has 164 valence electrons. The zero-order valence-electron chi connectivity index (χ0n) is 17.7. The van der Waals surface area contributed by atoms with Crippen molar-refractivity contribution in [3.8, 4) is 22.8 Å². The maximum atomic E-state index is 12.4. The molecular weight excluding hydrogens is 406 g/mol. The average molecular weight is 431 g/mol. The van der Waals surface area contributed by atoms with Gasteiger partial charge in [0.2, 0.25) is 6.79 Å². The van der Waals surface area contributed by atoms with Crippen LogP contribution in [0.4, 0.5) is 22.0 Å². The lowest BCUT2D eigenvalue weighted by Gasteiger charge is -2.20. The highest BCUT2D eigenvalue weighted by atomic mass is 16.7. The van der Waals surface area contributed by atoms with E-state index in [4.69, 9.17) is 9.47 Å². The van der Waals surface area contributed by atoms with Gasteiger partial charge in [0, 0.05) is 36.1 Å². The molecule has 2 amide bonds. The van der Waals surface area contributed by atoms with Crippen LogP contribution in [0.1, 0.15) is 25.7 Å². The topological polar surface area (TPSA) is 88.6 Å². The van der Waals surface area contributed by atoms with Crippen LogP contribution in [-0.4, -0.2) is 36.1 Å². The SMILES string of the molecule is O=C(Nc1cccc(-c2ccc(N3CCCCCC3)nn2)c1)Nc1ccc2c(c1)OCO2. The maximum Gasteiger partial charge on any atom is 0.323 e. The van der Waals surface area contributed by atoms with E-state index in [1.54, 1.807) is 18.2 Å². The second kappa shape index (κ2) is 9.13. The summed E-state index contributed by atoms with van der Waals surface area (Å²) in [6.07, 6.45) is 4.96. The molecular formula is C24H25N5O3. The molecule has 0 atom stereocenters. The van der Waals surface area contributed by atoms with E-state index in [1.807, 2.05) is 36.4 Å². The van der Waals surface area contributed by atoms with Crippen LogP contribution in [0.25, 0.3) is 11.3 Å². The van der Waals surface area contributed by atoms with Gasteiger partial charge in [-0.1, -0.05) is 25.0 Å². The summed E-state index contributed by atoms with van der Waals surface area (Å²) in [5.41, 5.74) is 2.95. The Kier molecular flexibility index (Phi) is 5.74. The molecule has 0 spiro atoms. The number of aromatic nitrogens is 2. The fourth-order valence-corrected chi connectivity index (χ4v) is 3.97. The predicted octanol–water partition coefficient (Wildman–Crippen LogP) is 4.90. The number of fused-ring (bicyclic) bond motifs is 1. The van der Waals surface area contributed by atoms with Gasteiger partial charge in [0.05, 0.1) is 5.69 Å². The number of nitrogens with one attached hydrogen (secondary N) is 2. The minimum absolute atomic E-state index is 0.194. The Hall–Kier alpha value is -3.81. The van der Waals surface area contributed by atoms with Gasteiger partial charge >= 0.3 is 6.03 Å². The summed E-state index contributed by atoms with van der Waals surface area (Å²) in [6.45, 7) is 2.26. The quantitative estimate of drug-likeness (QED) is 0.611. The Bertz CT molecular complexity index is 1100. The molecule has 0 aliphatic carbocycles. The van der Waals surface area contributed by atoms with Crippen molar-refractivity contribution in [2.45, 2.75) is 25.7 Å². The highest BCUT2D eigenvalue weighted by Gasteiger charge is 2.15. The summed E-state index contributed by atoms with van der Waals surface area (Å²) in [7, 11) is 0. The third-order valence-corrected chi connectivity index (χ3v) is 5.63. The van der Waals surface area contributed by atoms with E-state index in [0.717, 1.165) is 30.2 Å². The number of urea groups is 1. The van der Waals surface area contributed by atoms with Gasteiger partial charge in [-0.05, 0) is 49.2 Å². The van der Waals surface area contributed by atoms with Crippen LogP contribution in [-0.2, 0) is 0 Å². The molecule has 0 radical (unpaired) electrons. The number of carbonyl (C=O) groups excluding carboxylic acids is 1. The number of amides is 2. The molecule has 0 saturated carbocycles. The van der Waals surface area contributed by atoms with Crippen molar-refractivity contribution in [1.82, 2.24) is 10.2 Å². The summed E-state index contributed by atoms with van der Waals surface area (Å²) in [5, 5.41) is 14.5. The van der Waals surface area contributed by atoms with E-state index in [1.165, 1.54) is 25.7 Å². The molecule has 0 unspecified atom stereocenters. The van der Waals surface area contributed by atoms with Crippen molar-refractivity contribution in [3.05, 3.63) is 54.6 Å². The van der Waals surface area contributed by atoms with E-state index in [-0.39, 0.29) is 12.8 Å². The summed E-state index contributed by atoms with van der Waals surface area (Å²) >= 11 is 0. The minimum Gasteiger partial charge on any atom is -0.454 e. The largest absolute Gasteiger partial charge is 0.454 e. The van der Waals surface area contributed by atoms with Gasteiger partial charge in [-0.3, -0.25) is 0 Å². The molecule has 2 aliphatic rings. The first-order valence-electron chi connectivity index (χ1n) is 10.9. The fourth-order valence-electron chi connectivity index (χ4n) is 3.97. The first-order valence-corrected chi connectivity index (χ1v) is 10.9. The predicted molar refractivity (Wildman–Crippen MR) is 123 cm³/mol. The number of carbonyl (C=O) groups is 1. The Morgan fingerprint density at radius 3 is 2.38 bits per heavy atom. The van der Waals surface area contributed by atoms with Gasteiger partial charge in [-0.15, -0.1) is 10.2 Å². The van der Waals surface area contributed by atoms with Crippen molar-refractivity contribution in [2.75, 3.05) is 35.4 Å². The number of ether oxygens (including phenoxy) is 2. The van der Waals surface area contributed by atoms with Crippen LogP contribution in [0.3, 0.4) is 0 Å². The standard InChI is InChI=1S/C24H25N5O3/c30-24(26-19-8-10-21-22(15-19)32-16-31-21)25-18-7-5-6-17(14-18)20-9-11-23(28-27-20)29-12-3-1-2-4-13-29/h5-11,14-15H,1-4,12-13,16H2,(H2,25,26,30). The molecule has 8 nitrogen and oxygen atoms in total. The second-order valence-corrected chi connectivity index (χ2v) is 7.91. The molecule has 8 heteroatoms. The Balaban J connectivity index is 1.24. The van der Waals surface area contributed by atoms with Crippen molar-refractivity contribution in [1.29, 1.82) is 0 Å². The highest BCUT2D eigenvalue weighted by molar-refractivity contribution is 6.00. The molecule has 2 aromatic carbocycles. The van der Waals surface area contributed by atoms with Crippen LogP contribution in [0.2, 0.25) is 0 Å². The Morgan fingerprint density at radius 2 is 1.59 bits per heavy atom. The maximum absolute atomic E-state index is 12.4. The van der Waals surface area contributed by atoms with Gasteiger partial charge < -0.3 is 25.0 Å². The average Bonchev–Trinajstić information content (AvgIpc) is 3.11. The van der Waals surface area contributed by atoms with E-state index in [9.17, 15) is 4.79 Å². The molecule has 1 fully saturated rings. The first-order chi connectivity index (χ1) is 15.7. The lowest BCUT2D eigenvalue weighted by atomic mass is 10.1. The molecule has 0 bridgehead atoms. The summed E-state index contributed by atoms with van der Waals surface area (Å²) < 4.78 is 10.6. The molecule has 3 heterocycles. The summed E-state index contributed by atoms with van der Waals surface area (Å²) in [6, 6.07) is 16.5. The van der Waals surface area contributed by atoms with Crippen LogP contribution < -0.4 is 25.0 Å². The van der Waals surface area contributed by atoms with Crippen LogP contribution >= 0.6 is 0 Å². The normalized spacial score (nSPS) is 15.2. The van der Waals surface area contributed by atoms with Gasteiger partial charge in [0.1, 0.15) is 0 Å². The monoisotopic (exact) mass is 431 g/mol. The Morgan fingerprint density at radius 1 is 0.812 bits per heavy atom. The molecule has 2 N–H and O–H groups in total.